The standard InChI is InChI=1S/C22H24ClFN4O4S/c23-19-12-16-14-28(22(30)18(16)13-20(19)33(25,31)32)7-1-6-26-8-10-27(11-9-26)21(29)15-2-4-17(24)5-3-15/h2-5,12-13H,1,6-11,14H2,(H2,25,31,32). The molecule has 4 rings (SSSR count). The smallest absolute Gasteiger partial charge is 0.254 e. The third-order valence-corrected chi connectivity index (χ3v) is 7.37. The molecular formula is C22H24ClFN4O4S. The molecule has 0 atom stereocenters. The van der Waals surface area contributed by atoms with Crippen molar-refractivity contribution in [2.24, 2.45) is 5.14 Å². The fourth-order valence-corrected chi connectivity index (χ4v) is 5.33. The van der Waals surface area contributed by atoms with Gasteiger partial charge in [0.1, 0.15) is 10.7 Å². The second-order valence-electron chi connectivity index (χ2n) is 8.21. The number of nitrogens with zero attached hydrogens (tertiary/aromatic N) is 3. The van der Waals surface area contributed by atoms with Crippen LogP contribution in [0, 0.1) is 5.82 Å². The average molecular weight is 495 g/mol. The second-order valence-corrected chi connectivity index (χ2v) is 10.1. The van der Waals surface area contributed by atoms with Crippen molar-refractivity contribution in [2.75, 3.05) is 39.3 Å². The van der Waals surface area contributed by atoms with Gasteiger partial charge in [-0.25, -0.2) is 17.9 Å². The van der Waals surface area contributed by atoms with Gasteiger partial charge in [-0.15, -0.1) is 0 Å². The molecule has 11 heteroatoms. The van der Waals surface area contributed by atoms with Gasteiger partial charge in [-0.2, -0.15) is 0 Å². The number of piperazine rings is 1. The Morgan fingerprint density at radius 3 is 2.36 bits per heavy atom. The second kappa shape index (κ2) is 9.38. The summed E-state index contributed by atoms with van der Waals surface area (Å²) in [6, 6.07) is 8.30. The number of hydrogen-bond donors (Lipinski definition) is 1. The van der Waals surface area contributed by atoms with Crippen molar-refractivity contribution in [2.45, 2.75) is 17.9 Å². The first-order valence-electron chi connectivity index (χ1n) is 10.5. The third-order valence-electron chi connectivity index (χ3n) is 6.00. The molecular weight excluding hydrogens is 471 g/mol. The van der Waals surface area contributed by atoms with E-state index in [2.05, 4.69) is 4.90 Å². The van der Waals surface area contributed by atoms with Crippen LogP contribution in [0.2, 0.25) is 5.02 Å². The zero-order chi connectivity index (χ0) is 23.8. The summed E-state index contributed by atoms with van der Waals surface area (Å²) >= 11 is 6.03. The maximum Gasteiger partial charge on any atom is 0.254 e. The number of hydrogen-bond acceptors (Lipinski definition) is 5. The van der Waals surface area contributed by atoms with Crippen LogP contribution < -0.4 is 5.14 Å². The molecule has 2 amide bonds. The van der Waals surface area contributed by atoms with E-state index < -0.39 is 10.0 Å². The Morgan fingerprint density at radius 1 is 1.06 bits per heavy atom. The molecule has 1 fully saturated rings. The van der Waals surface area contributed by atoms with Crippen LogP contribution in [0.15, 0.2) is 41.3 Å². The number of rotatable bonds is 6. The van der Waals surface area contributed by atoms with Gasteiger partial charge in [0.05, 0.1) is 5.02 Å². The van der Waals surface area contributed by atoms with Gasteiger partial charge in [0.25, 0.3) is 11.8 Å². The van der Waals surface area contributed by atoms with E-state index in [9.17, 15) is 22.4 Å². The predicted octanol–water partition coefficient (Wildman–Crippen LogP) is 1.93. The molecule has 2 aliphatic heterocycles. The van der Waals surface area contributed by atoms with Crippen molar-refractivity contribution < 1.29 is 22.4 Å². The molecule has 0 bridgehead atoms. The van der Waals surface area contributed by atoms with Gasteiger partial charge >= 0.3 is 0 Å². The third kappa shape index (κ3) is 5.19. The fourth-order valence-electron chi connectivity index (χ4n) is 4.21. The molecule has 8 nitrogen and oxygen atoms in total. The molecule has 2 aromatic rings. The van der Waals surface area contributed by atoms with Crippen molar-refractivity contribution >= 4 is 33.4 Å². The Hall–Kier alpha value is -2.53. The van der Waals surface area contributed by atoms with Crippen molar-refractivity contribution in [1.29, 1.82) is 0 Å². The number of amides is 2. The summed E-state index contributed by atoms with van der Waals surface area (Å²) < 4.78 is 36.4. The molecule has 0 spiro atoms. The van der Waals surface area contributed by atoms with Crippen LogP contribution in [-0.4, -0.2) is 74.2 Å². The normalized spacial score (nSPS) is 16.9. The van der Waals surface area contributed by atoms with Crippen molar-refractivity contribution in [3.63, 3.8) is 0 Å². The molecule has 33 heavy (non-hydrogen) atoms. The first-order chi connectivity index (χ1) is 15.6. The highest BCUT2D eigenvalue weighted by atomic mass is 35.5. The van der Waals surface area contributed by atoms with E-state index in [4.69, 9.17) is 16.7 Å². The van der Waals surface area contributed by atoms with Crippen LogP contribution in [0.3, 0.4) is 0 Å². The van der Waals surface area contributed by atoms with E-state index in [1.807, 2.05) is 0 Å². The lowest BCUT2D eigenvalue weighted by Crippen LogP contribution is -2.49. The number of halogens is 2. The lowest BCUT2D eigenvalue weighted by atomic mass is 10.1. The molecule has 2 aliphatic rings. The van der Waals surface area contributed by atoms with Crippen molar-refractivity contribution in [3.05, 3.63) is 63.9 Å². The Labute approximate surface area is 196 Å². The van der Waals surface area contributed by atoms with Gasteiger partial charge < -0.3 is 9.80 Å². The molecule has 0 saturated carbocycles. The van der Waals surface area contributed by atoms with E-state index in [1.54, 1.807) is 9.80 Å². The number of nitrogens with two attached hydrogens (primary N) is 1. The number of carbonyl (C=O) groups is 2. The number of sulfonamides is 1. The SMILES string of the molecule is NS(=O)(=O)c1cc2c(cc1Cl)CN(CCCN1CCN(C(=O)c3ccc(F)cc3)CC1)C2=O. The number of primary sulfonamides is 1. The highest BCUT2D eigenvalue weighted by molar-refractivity contribution is 7.89. The Bertz CT molecular complexity index is 1180. The van der Waals surface area contributed by atoms with E-state index in [1.165, 1.54) is 36.4 Å². The topological polar surface area (TPSA) is 104 Å². The maximum absolute atomic E-state index is 13.1. The Morgan fingerprint density at radius 2 is 1.73 bits per heavy atom. The molecule has 0 radical (unpaired) electrons. The first-order valence-corrected chi connectivity index (χ1v) is 12.5. The molecule has 0 aromatic heterocycles. The summed E-state index contributed by atoms with van der Waals surface area (Å²) in [5, 5.41) is 5.19. The molecule has 2 aromatic carbocycles. The molecule has 2 N–H and O–H groups in total. The number of fused-ring (bicyclic) bond motifs is 1. The summed E-state index contributed by atoms with van der Waals surface area (Å²) in [6.07, 6.45) is 0.738. The quantitative estimate of drug-likeness (QED) is 0.660. The Balaban J connectivity index is 1.26. The molecule has 0 unspecified atom stereocenters. The minimum atomic E-state index is -4.01. The minimum Gasteiger partial charge on any atom is -0.336 e. The van der Waals surface area contributed by atoms with Gasteiger partial charge in [-0.05, 0) is 54.9 Å². The monoisotopic (exact) mass is 494 g/mol. The molecule has 1 saturated heterocycles. The van der Waals surface area contributed by atoms with Gasteiger partial charge in [-0.1, -0.05) is 11.6 Å². The van der Waals surface area contributed by atoms with Gasteiger partial charge in [0.2, 0.25) is 10.0 Å². The highest BCUT2D eigenvalue weighted by Gasteiger charge is 2.30. The zero-order valence-corrected chi connectivity index (χ0v) is 19.4. The van der Waals surface area contributed by atoms with E-state index in [-0.39, 0.29) is 27.5 Å². The van der Waals surface area contributed by atoms with Crippen LogP contribution >= 0.6 is 11.6 Å². The van der Waals surface area contributed by atoms with Gasteiger partial charge in [0.15, 0.2) is 0 Å². The minimum absolute atomic E-state index is 0.0129. The number of benzene rings is 2. The maximum atomic E-state index is 13.1. The van der Waals surface area contributed by atoms with Crippen LogP contribution in [0.4, 0.5) is 4.39 Å². The zero-order valence-electron chi connectivity index (χ0n) is 17.8. The van der Waals surface area contributed by atoms with E-state index >= 15 is 0 Å². The molecule has 0 aliphatic carbocycles. The average Bonchev–Trinajstić information content (AvgIpc) is 3.07. The summed E-state index contributed by atoms with van der Waals surface area (Å²) in [7, 11) is -4.01. The van der Waals surface area contributed by atoms with Crippen molar-refractivity contribution in [3.8, 4) is 0 Å². The lowest BCUT2D eigenvalue weighted by molar-refractivity contribution is 0.0622. The summed E-state index contributed by atoms with van der Waals surface area (Å²) in [5.41, 5.74) is 1.48. The predicted molar refractivity (Wildman–Crippen MR) is 121 cm³/mol. The number of carbonyl (C=O) groups excluding carboxylic acids is 2. The highest BCUT2D eigenvalue weighted by Crippen LogP contribution is 2.30. The molecule has 2 heterocycles. The lowest BCUT2D eigenvalue weighted by Gasteiger charge is -2.35. The van der Waals surface area contributed by atoms with E-state index in [0.717, 1.165) is 13.0 Å². The summed E-state index contributed by atoms with van der Waals surface area (Å²) in [4.78, 5) is 30.7. The van der Waals surface area contributed by atoms with Crippen molar-refractivity contribution in [1.82, 2.24) is 14.7 Å². The van der Waals surface area contributed by atoms with Crippen LogP contribution in [0.5, 0.6) is 0 Å². The van der Waals surface area contributed by atoms with Gasteiger partial charge in [0, 0.05) is 50.4 Å². The first kappa shape index (κ1) is 23.6. The Kier molecular flexibility index (Phi) is 6.71. The van der Waals surface area contributed by atoms with Crippen LogP contribution in [0.1, 0.15) is 32.7 Å². The van der Waals surface area contributed by atoms with E-state index in [0.29, 0.717) is 56.0 Å². The summed E-state index contributed by atoms with van der Waals surface area (Å²) in [6.45, 7) is 4.26. The van der Waals surface area contributed by atoms with Gasteiger partial charge in [-0.3, -0.25) is 14.5 Å². The summed E-state index contributed by atoms with van der Waals surface area (Å²) in [5.74, 6) is -0.710. The molecule has 176 valence electrons. The largest absolute Gasteiger partial charge is 0.336 e. The van der Waals surface area contributed by atoms with Crippen LogP contribution in [-0.2, 0) is 16.6 Å². The fraction of sp³-hybridized carbons (Fsp3) is 0.364. The van der Waals surface area contributed by atoms with Crippen LogP contribution in [0.25, 0.3) is 0 Å².